The van der Waals surface area contributed by atoms with E-state index in [1.807, 2.05) is 0 Å². The van der Waals surface area contributed by atoms with Crippen LogP contribution in [0.25, 0.3) is 0 Å². The number of carbonyl (C=O) groups is 2. The summed E-state index contributed by atoms with van der Waals surface area (Å²) in [6.07, 6.45) is 0.730. The maximum atomic E-state index is 11.6. The van der Waals surface area contributed by atoms with Gasteiger partial charge in [-0.3, -0.25) is 9.59 Å². The van der Waals surface area contributed by atoms with Gasteiger partial charge in [0.05, 0.1) is 12.4 Å². The second-order valence-corrected chi connectivity index (χ2v) is 4.05. The molecule has 0 aromatic carbocycles. The first-order valence-corrected chi connectivity index (χ1v) is 6.39. The number of rotatable bonds is 8. The molecule has 2 amide bonds. The van der Waals surface area contributed by atoms with Crippen molar-refractivity contribution >= 4 is 23.4 Å². The summed E-state index contributed by atoms with van der Waals surface area (Å²) in [5.41, 5.74) is 0. The SMILES string of the molecule is COCCCNC(=O)CNC(=O)c1ccc(CCl)o1. The zero-order valence-corrected chi connectivity index (χ0v) is 11.5. The molecule has 6 nitrogen and oxygen atoms in total. The predicted octanol–water partition coefficient (Wildman–Crippen LogP) is 0.901. The molecular weight excluding hydrogens is 272 g/mol. The van der Waals surface area contributed by atoms with Crippen LogP contribution in [0.15, 0.2) is 16.5 Å². The molecule has 0 aliphatic rings. The fourth-order valence-corrected chi connectivity index (χ4v) is 1.47. The summed E-state index contributed by atoms with van der Waals surface area (Å²) in [5.74, 6) is 0.156. The van der Waals surface area contributed by atoms with E-state index in [1.54, 1.807) is 13.2 Å². The Balaban J connectivity index is 2.24. The topological polar surface area (TPSA) is 80.6 Å². The van der Waals surface area contributed by atoms with Crippen molar-refractivity contribution in [1.82, 2.24) is 10.6 Å². The lowest BCUT2D eigenvalue weighted by molar-refractivity contribution is -0.120. The third kappa shape index (κ3) is 5.76. The Morgan fingerprint density at radius 2 is 2.16 bits per heavy atom. The maximum absolute atomic E-state index is 11.6. The summed E-state index contributed by atoms with van der Waals surface area (Å²) in [4.78, 5) is 23.0. The first-order valence-electron chi connectivity index (χ1n) is 5.86. The Morgan fingerprint density at radius 1 is 1.37 bits per heavy atom. The van der Waals surface area contributed by atoms with Gasteiger partial charge in [-0.25, -0.2) is 0 Å². The van der Waals surface area contributed by atoms with Crippen LogP contribution in [0.2, 0.25) is 0 Å². The lowest BCUT2D eigenvalue weighted by atomic mass is 10.4. The summed E-state index contributed by atoms with van der Waals surface area (Å²) >= 11 is 5.56. The number of nitrogens with one attached hydrogen (secondary N) is 2. The molecule has 0 bridgehead atoms. The normalized spacial score (nSPS) is 10.2. The van der Waals surface area contributed by atoms with Crippen molar-refractivity contribution in [2.75, 3.05) is 26.8 Å². The van der Waals surface area contributed by atoms with E-state index in [9.17, 15) is 9.59 Å². The second-order valence-electron chi connectivity index (χ2n) is 3.78. The summed E-state index contributed by atoms with van der Waals surface area (Å²) in [7, 11) is 1.60. The van der Waals surface area contributed by atoms with Gasteiger partial charge in [0.1, 0.15) is 5.76 Å². The number of hydrogen-bond acceptors (Lipinski definition) is 4. The molecule has 0 unspecified atom stereocenters. The summed E-state index contributed by atoms with van der Waals surface area (Å²) < 4.78 is 10.00. The quantitative estimate of drug-likeness (QED) is 0.550. The molecule has 0 aliphatic heterocycles. The van der Waals surface area contributed by atoms with Crippen molar-refractivity contribution in [3.63, 3.8) is 0 Å². The molecule has 19 heavy (non-hydrogen) atoms. The monoisotopic (exact) mass is 288 g/mol. The van der Waals surface area contributed by atoms with Gasteiger partial charge in [-0.15, -0.1) is 11.6 Å². The standard InChI is InChI=1S/C12H17ClN2O4/c1-18-6-2-5-14-11(16)8-15-12(17)10-4-3-9(7-13)19-10/h3-4H,2,5-8H2,1H3,(H,14,16)(H,15,17). The Morgan fingerprint density at radius 3 is 2.79 bits per heavy atom. The van der Waals surface area contributed by atoms with Crippen LogP contribution in [-0.2, 0) is 15.4 Å². The lowest BCUT2D eigenvalue weighted by Crippen LogP contribution is -2.37. The molecule has 1 aromatic heterocycles. The van der Waals surface area contributed by atoms with Gasteiger partial charge in [-0.2, -0.15) is 0 Å². The van der Waals surface area contributed by atoms with Crippen LogP contribution in [0.3, 0.4) is 0 Å². The number of carbonyl (C=O) groups excluding carboxylic acids is 2. The van der Waals surface area contributed by atoms with Crippen molar-refractivity contribution in [3.05, 3.63) is 23.7 Å². The third-order valence-electron chi connectivity index (χ3n) is 2.27. The zero-order chi connectivity index (χ0) is 14.1. The molecule has 2 N–H and O–H groups in total. The number of methoxy groups -OCH3 is 1. The molecule has 0 fully saturated rings. The minimum atomic E-state index is -0.441. The van der Waals surface area contributed by atoms with Gasteiger partial charge >= 0.3 is 0 Å². The highest BCUT2D eigenvalue weighted by atomic mass is 35.5. The summed E-state index contributed by atoms with van der Waals surface area (Å²) in [6, 6.07) is 3.14. The average molecular weight is 289 g/mol. The van der Waals surface area contributed by atoms with Crippen molar-refractivity contribution in [1.29, 1.82) is 0 Å². The molecule has 0 radical (unpaired) electrons. The van der Waals surface area contributed by atoms with E-state index in [1.165, 1.54) is 6.07 Å². The van der Waals surface area contributed by atoms with Crippen molar-refractivity contribution in [3.8, 4) is 0 Å². The van der Waals surface area contributed by atoms with Crippen molar-refractivity contribution in [2.45, 2.75) is 12.3 Å². The van der Waals surface area contributed by atoms with Gasteiger partial charge in [0.2, 0.25) is 5.91 Å². The van der Waals surface area contributed by atoms with Crippen LogP contribution >= 0.6 is 11.6 Å². The highest BCUT2D eigenvalue weighted by Crippen LogP contribution is 2.09. The largest absolute Gasteiger partial charge is 0.455 e. The van der Waals surface area contributed by atoms with Gasteiger partial charge in [0.25, 0.3) is 5.91 Å². The first kappa shape index (κ1) is 15.5. The number of amides is 2. The van der Waals surface area contributed by atoms with E-state index in [-0.39, 0.29) is 24.1 Å². The average Bonchev–Trinajstić information content (AvgIpc) is 2.90. The van der Waals surface area contributed by atoms with E-state index in [0.717, 1.165) is 6.42 Å². The molecule has 1 rings (SSSR count). The molecule has 0 aliphatic carbocycles. The number of hydrogen-bond donors (Lipinski definition) is 2. The number of alkyl halides is 1. The molecule has 0 saturated carbocycles. The smallest absolute Gasteiger partial charge is 0.287 e. The molecule has 1 aromatic rings. The van der Waals surface area contributed by atoms with Crippen LogP contribution < -0.4 is 10.6 Å². The Kier molecular flexibility index (Phi) is 6.99. The molecule has 106 valence electrons. The van der Waals surface area contributed by atoms with Crippen LogP contribution in [0, 0.1) is 0 Å². The summed E-state index contributed by atoms with van der Waals surface area (Å²) in [5, 5.41) is 5.11. The molecular formula is C12H17ClN2O4. The summed E-state index contributed by atoms with van der Waals surface area (Å²) in [6.45, 7) is 1.00. The Bertz CT molecular complexity index is 420. The number of halogens is 1. The maximum Gasteiger partial charge on any atom is 0.287 e. The van der Waals surface area contributed by atoms with Crippen molar-refractivity contribution in [2.24, 2.45) is 0 Å². The Labute approximate surface area is 116 Å². The first-order chi connectivity index (χ1) is 9.17. The van der Waals surface area contributed by atoms with E-state index in [0.29, 0.717) is 18.9 Å². The van der Waals surface area contributed by atoms with E-state index >= 15 is 0 Å². The Hall–Kier alpha value is -1.53. The third-order valence-corrected chi connectivity index (χ3v) is 2.54. The van der Waals surface area contributed by atoms with Gasteiger partial charge in [-0.05, 0) is 18.6 Å². The van der Waals surface area contributed by atoms with E-state index in [2.05, 4.69) is 10.6 Å². The highest BCUT2D eigenvalue weighted by Gasteiger charge is 2.11. The van der Waals surface area contributed by atoms with Crippen LogP contribution in [0.4, 0.5) is 0 Å². The van der Waals surface area contributed by atoms with Crippen LogP contribution in [0.5, 0.6) is 0 Å². The number of ether oxygens (including phenoxy) is 1. The molecule has 7 heteroatoms. The minimum Gasteiger partial charge on any atom is -0.455 e. The van der Waals surface area contributed by atoms with Crippen LogP contribution in [0.1, 0.15) is 22.7 Å². The molecule has 0 spiro atoms. The minimum absolute atomic E-state index is 0.0945. The van der Waals surface area contributed by atoms with E-state index < -0.39 is 5.91 Å². The van der Waals surface area contributed by atoms with Gasteiger partial charge in [-0.1, -0.05) is 0 Å². The fraction of sp³-hybridized carbons (Fsp3) is 0.500. The molecule has 1 heterocycles. The van der Waals surface area contributed by atoms with Crippen molar-refractivity contribution < 1.29 is 18.7 Å². The van der Waals surface area contributed by atoms with Gasteiger partial charge in [0, 0.05) is 20.3 Å². The molecule has 0 saturated heterocycles. The number of furan rings is 1. The zero-order valence-electron chi connectivity index (χ0n) is 10.7. The van der Waals surface area contributed by atoms with Crippen LogP contribution in [-0.4, -0.2) is 38.6 Å². The van der Waals surface area contributed by atoms with Gasteiger partial charge in [0.15, 0.2) is 5.76 Å². The van der Waals surface area contributed by atoms with E-state index in [4.69, 9.17) is 20.8 Å². The highest BCUT2D eigenvalue weighted by molar-refractivity contribution is 6.16. The fourth-order valence-electron chi connectivity index (χ4n) is 1.33. The van der Waals surface area contributed by atoms with Gasteiger partial charge < -0.3 is 19.8 Å². The lowest BCUT2D eigenvalue weighted by Gasteiger charge is -2.05. The second kappa shape index (κ2) is 8.55. The molecule has 0 atom stereocenters. The predicted molar refractivity (Wildman–Crippen MR) is 70.1 cm³/mol.